The van der Waals surface area contributed by atoms with Crippen molar-refractivity contribution >= 4 is 0 Å². The van der Waals surface area contributed by atoms with Gasteiger partial charge in [-0.1, -0.05) is 120 Å². The molecule has 0 bridgehead atoms. The molecule has 0 N–H and O–H groups in total. The van der Waals surface area contributed by atoms with E-state index >= 15 is 0 Å². The largest absolute Gasteiger partial charge is 0.248 e. The van der Waals surface area contributed by atoms with Crippen LogP contribution in [0.1, 0.15) is 52.7 Å². The van der Waals surface area contributed by atoms with Crippen LogP contribution in [0.4, 0.5) is 0 Å². The lowest BCUT2D eigenvalue weighted by Gasteiger charge is -2.20. The summed E-state index contributed by atoms with van der Waals surface area (Å²) < 4.78 is 0. The number of hydrogen-bond acceptors (Lipinski definition) is 1. The molecule has 0 saturated heterocycles. The first-order chi connectivity index (χ1) is 15.1. The van der Waals surface area contributed by atoms with E-state index in [-0.39, 0.29) is 10.8 Å². The minimum Gasteiger partial charge on any atom is -0.248 e. The Hall–Kier alpha value is -3.19. The molecule has 1 heteroatoms. The van der Waals surface area contributed by atoms with E-state index in [0.717, 1.165) is 22.5 Å². The van der Waals surface area contributed by atoms with Gasteiger partial charge in [-0.25, -0.2) is 4.98 Å². The van der Waals surface area contributed by atoms with Crippen molar-refractivity contribution in [2.24, 2.45) is 0 Å². The van der Waals surface area contributed by atoms with Gasteiger partial charge in [0.25, 0.3) is 0 Å². The van der Waals surface area contributed by atoms with Crippen LogP contribution < -0.4 is 0 Å². The lowest BCUT2D eigenvalue weighted by molar-refractivity contribution is 0.590. The van der Waals surface area contributed by atoms with Crippen LogP contribution >= 0.6 is 0 Å². The van der Waals surface area contributed by atoms with Gasteiger partial charge in [0, 0.05) is 11.1 Å². The molecule has 0 aliphatic heterocycles. The van der Waals surface area contributed by atoms with Gasteiger partial charge in [-0.15, -0.1) is 0 Å². The van der Waals surface area contributed by atoms with E-state index in [4.69, 9.17) is 4.98 Å². The number of hydrogen-bond donors (Lipinski definition) is 0. The molecule has 0 aliphatic rings. The van der Waals surface area contributed by atoms with Gasteiger partial charge in [-0.05, 0) is 45.2 Å². The van der Waals surface area contributed by atoms with Gasteiger partial charge >= 0.3 is 0 Å². The Morgan fingerprint density at radius 2 is 0.844 bits per heavy atom. The average Bonchev–Trinajstić information content (AvgIpc) is 2.78. The summed E-state index contributed by atoms with van der Waals surface area (Å²) in [4.78, 5) is 5.08. The molecule has 1 nitrogen and oxygen atoms in total. The fourth-order valence-corrected chi connectivity index (χ4v) is 3.91. The third kappa shape index (κ3) is 4.83. The Bertz CT molecular complexity index is 1110. The van der Waals surface area contributed by atoms with Crippen LogP contribution in [0, 0.1) is 0 Å². The number of aromatic nitrogens is 1. The van der Waals surface area contributed by atoms with Gasteiger partial charge in [0.05, 0.1) is 11.4 Å². The molecule has 3 aromatic carbocycles. The highest BCUT2D eigenvalue weighted by Gasteiger charge is 2.16. The first-order valence-electron chi connectivity index (χ1n) is 11.4. The van der Waals surface area contributed by atoms with Crippen molar-refractivity contribution in [2.75, 3.05) is 0 Å². The smallest absolute Gasteiger partial charge is 0.0715 e. The van der Waals surface area contributed by atoms with E-state index in [1.165, 1.54) is 22.3 Å². The predicted molar refractivity (Wildman–Crippen MR) is 138 cm³/mol. The van der Waals surface area contributed by atoms with E-state index < -0.39 is 0 Å². The van der Waals surface area contributed by atoms with Crippen molar-refractivity contribution < 1.29 is 0 Å². The van der Waals surface area contributed by atoms with Crippen molar-refractivity contribution in [3.63, 3.8) is 0 Å². The fourth-order valence-electron chi connectivity index (χ4n) is 3.91. The molecule has 32 heavy (non-hydrogen) atoms. The summed E-state index contributed by atoms with van der Waals surface area (Å²) in [7, 11) is 0. The molecule has 0 spiro atoms. The molecule has 0 saturated carbocycles. The fraction of sp³-hybridized carbons (Fsp3) is 0.258. The molecule has 162 valence electrons. The van der Waals surface area contributed by atoms with Gasteiger partial charge in [0.2, 0.25) is 0 Å². The second-order valence-corrected chi connectivity index (χ2v) is 10.6. The zero-order chi connectivity index (χ0) is 22.9. The molecule has 1 aromatic heterocycles. The first kappa shape index (κ1) is 22.0. The normalized spacial score (nSPS) is 12.1. The SMILES string of the molecule is CC(C)(C)c1ccc(-c2cc(-c3ccccc3)cc(-c3ccc(C(C)(C)C)cc3)n2)cc1. The third-order valence-corrected chi connectivity index (χ3v) is 6.03. The van der Waals surface area contributed by atoms with Gasteiger partial charge in [-0.2, -0.15) is 0 Å². The number of pyridine rings is 1. The Kier molecular flexibility index (Phi) is 5.77. The van der Waals surface area contributed by atoms with E-state index in [0.29, 0.717) is 0 Å². The molecule has 0 aliphatic carbocycles. The number of rotatable bonds is 3. The molecule has 0 radical (unpaired) electrons. The Morgan fingerprint density at radius 1 is 0.438 bits per heavy atom. The van der Waals surface area contributed by atoms with Crippen LogP contribution in [0.3, 0.4) is 0 Å². The quantitative estimate of drug-likeness (QED) is 0.324. The third-order valence-electron chi connectivity index (χ3n) is 6.03. The zero-order valence-corrected chi connectivity index (χ0v) is 20.1. The highest BCUT2D eigenvalue weighted by Crippen LogP contribution is 2.32. The van der Waals surface area contributed by atoms with Crippen molar-refractivity contribution in [1.29, 1.82) is 0 Å². The lowest BCUT2D eigenvalue weighted by atomic mass is 9.86. The minimum absolute atomic E-state index is 0.137. The van der Waals surface area contributed by atoms with Gasteiger partial charge < -0.3 is 0 Å². The maximum Gasteiger partial charge on any atom is 0.0715 e. The molecule has 4 rings (SSSR count). The summed E-state index contributed by atoms with van der Waals surface area (Å²) in [5.41, 5.74) is 9.61. The van der Waals surface area contributed by atoms with E-state index in [2.05, 4.69) is 133 Å². The molecule has 4 aromatic rings. The van der Waals surface area contributed by atoms with Crippen molar-refractivity contribution in [3.05, 3.63) is 102 Å². The van der Waals surface area contributed by atoms with E-state index in [1.54, 1.807) is 0 Å². The van der Waals surface area contributed by atoms with Crippen LogP contribution in [0.15, 0.2) is 91.0 Å². The molecule has 0 unspecified atom stereocenters. The Morgan fingerprint density at radius 3 is 1.22 bits per heavy atom. The second-order valence-electron chi connectivity index (χ2n) is 10.6. The van der Waals surface area contributed by atoms with Gasteiger partial charge in [0.1, 0.15) is 0 Å². The molecule has 1 heterocycles. The molecular weight excluding hydrogens is 386 g/mol. The summed E-state index contributed by atoms with van der Waals surface area (Å²) in [6.07, 6.45) is 0. The van der Waals surface area contributed by atoms with Crippen LogP contribution in [-0.4, -0.2) is 4.98 Å². The maximum absolute atomic E-state index is 5.08. The summed E-state index contributed by atoms with van der Waals surface area (Å²) in [6, 6.07) is 32.7. The monoisotopic (exact) mass is 419 g/mol. The van der Waals surface area contributed by atoms with Crippen molar-refractivity contribution in [1.82, 2.24) is 4.98 Å². The maximum atomic E-state index is 5.08. The van der Waals surface area contributed by atoms with E-state index in [9.17, 15) is 0 Å². The van der Waals surface area contributed by atoms with Crippen molar-refractivity contribution in [3.8, 4) is 33.6 Å². The number of nitrogens with zero attached hydrogens (tertiary/aromatic N) is 1. The highest BCUT2D eigenvalue weighted by atomic mass is 14.7. The number of benzene rings is 3. The van der Waals surface area contributed by atoms with Crippen LogP contribution in [-0.2, 0) is 10.8 Å². The van der Waals surface area contributed by atoms with Crippen molar-refractivity contribution in [2.45, 2.75) is 52.4 Å². The Balaban J connectivity index is 1.82. The first-order valence-corrected chi connectivity index (χ1v) is 11.4. The summed E-state index contributed by atoms with van der Waals surface area (Å²) in [6.45, 7) is 13.5. The standard InChI is InChI=1S/C31H33N/c1-30(2,3)26-16-12-23(13-17-26)28-20-25(22-10-8-7-9-11-22)21-29(32-28)24-14-18-27(19-15-24)31(4,5)6/h7-21H,1-6H3. The Labute approximate surface area is 193 Å². The molecule has 0 fully saturated rings. The van der Waals surface area contributed by atoms with Crippen LogP contribution in [0.25, 0.3) is 33.6 Å². The topological polar surface area (TPSA) is 12.9 Å². The van der Waals surface area contributed by atoms with Crippen LogP contribution in [0.5, 0.6) is 0 Å². The predicted octanol–water partition coefficient (Wildman–Crippen LogP) is 8.68. The summed E-state index contributed by atoms with van der Waals surface area (Å²) in [5.74, 6) is 0. The average molecular weight is 420 g/mol. The van der Waals surface area contributed by atoms with Gasteiger partial charge in [0.15, 0.2) is 0 Å². The lowest BCUT2D eigenvalue weighted by Crippen LogP contribution is -2.10. The molecule has 0 amide bonds. The summed E-state index contributed by atoms with van der Waals surface area (Å²) >= 11 is 0. The summed E-state index contributed by atoms with van der Waals surface area (Å²) in [5, 5.41) is 0. The van der Waals surface area contributed by atoms with Crippen LogP contribution in [0.2, 0.25) is 0 Å². The van der Waals surface area contributed by atoms with Gasteiger partial charge in [-0.3, -0.25) is 0 Å². The molecule has 0 atom stereocenters. The zero-order valence-electron chi connectivity index (χ0n) is 20.1. The minimum atomic E-state index is 0.137. The molecular formula is C31H33N. The van der Waals surface area contributed by atoms with E-state index in [1.807, 2.05) is 0 Å². The highest BCUT2D eigenvalue weighted by molar-refractivity contribution is 5.76. The second kappa shape index (κ2) is 8.39.